The number of carbonyl (C=O) groups excluding carboxylic acids is 1. The van der Waals surface area contributed by atoms with Crippen LogP contribution in [0.1, 0.15) is 48.1 Å². The fourth-order valence-corrected chi connectivity index (χ4v) is 4.08. The number of nitrogens with zero attached hydrogens (tertiary/aromatic N) is 6. The molecule has 0 atom stereocenters. The normalized spacial score (nSPS) is 11.7. The standard InChI is InChI=1S/C27H27N7O/c1-18-25(31-32-34(18)23-7-5-6-20-16-28-14-12-22(20)23)26(35)30-24-13-15-29-33(24)17-19-8-10-21(11-9-19)27(2,3)4/h5-16H,17H2,1-4H3,(H,30,35). The summed E-state index contributed by atoms with van der Waals surface area (Å²) in [6, 6.07) is 18.1. The lowest BCUT2D eigenvalue weighted by atomic mass is 9.87. The van der Waals surface area contributed by atoms with Crippen molar-refractivity contribution in [2.24, 2.45) is 0 Å². The summed E-state index contributed by atoms with van der Waals surface area (Å²) in [7, 11) is 0. The molecule has 8 nitrogen and oxygen atoms in total. The Labute approximate surface area is 203 Å². The van der Waals surface area contributed by atoms with E-state index in [0.29, 0.717) is 18.1 Å². The maximum absolute atomic E-state index is 13.1. The summed E-state index contributed by atoms with van der Waals surface area (Å²) in [5, 5.41) is 17.8. The molecule has 0 fully saturated rings. The monoisotopic (exact) mass is 465 g/mol. The molecule has 0 unspecified atom stereocenters. The summed E-state index contributed by atoms with van der Waals surface area (Å²) in [6.07, 6.45) is 5.22. The minimum atomic E-state index is -0.333. The summed E-state index contributed by atoms with van der Waals surface area (Å²) < 4.78 is 3.45. The quantitative estimate of drug-likeness (QED) is 0.398. The molecule has 2 aromatic carbocycles. The Morgan fingerprint density at radius 1 is 1.00 bits per heavy atom. The van der Waals surface area contributed by atoms with Gasteiger partial charge in [-0.15, -0.1) is 5.10 Å². The lowest BCUT2D eigenvalue weighted by Gasteiger charge is -2.19. The van der Waals surface area contributed by atoms with Crippen molar-refractivity contribution in [1.82, 2.24) is 29.8 Å². The van der Waals surface area contributed by atoms with Gasteiger partial charge in [-0.25, -0.2) is 9.36 Å². The molecule has 0 aliphatic heterocycles. The number of hydrogen-bond acceptors (Lipinski definition) is 5. The molecule has 0 spiro atoms. The Kier molecular flexibility index (Phi) is 5.64. The Bertz CT molecular complexity index is 1500. The number of amides is 1. The molecule has 0 saturated carbocycles. The molecule has 176 valence electrons. The van der Waals surface area contributed by atoms with E-state index in [1.54, 1.807) is 34.0 Å². The van der Waals surface area contributed by atoms with Crippen molar-refractivity contribution < 1.29 is 4.79 Å². The first kappa shape index (κ1) is 22.5. The highest BCUT2D eigenvalue weighted by atomic mass is 16.2. The number of benzene rings is 2. The molecule has 5 aromatic rings. The van der Waals surface area contributed by atoms with Crippen LogP contribution in [0.3, 0.4) is 0 Å². The van der Waals surface area contributed by atoms with Gasteiger partial charge in [-0.3, -0.25) is 9.78 Å². The maximum Gasteiger partial charge on any atom is 0.279 e. The van der Waals surface area contributed by atoms with E-state index >= 15 is 0 Å². The number of rotatable bonds is 5. The van der Waals surface area contributed by atoms with Crippen LogP contribution in [0.15, 0.2) is 73.2 Å². The van der Waals surface area contributed by atoms with Gasteiger partial charge in [-0.05, 0) is 35.6 Å². The second kappa shape index (κ2) is 8.79. The van der Waals surface area contributed by atoms with Gasteiger partial charge in [-0.2, -0.15) is 5.10 Å². The predicted molar refractivity (Wildman–Crippen MR) is 136 cm³/mol. The van der Waals surface area contributed by atoms with E-state index in [-0.39, 0.29) is 17.0 Å². The third-order valence-electron chi connectivity index (χ3n) is 6.11. The molecule has 8 heteroatoms. The third-order valence-corrected chi connectivity index (χ3v) is 6.11. The maximum atomic E-state index is 13.1. The number of fused-ring (bicyclic) bond motifs is 1. The largest absolute Gasteiger partial charge is 0.305 e. The van der Waals surface area contributed by atoms with Gasteiger partial charge in [0.1, 0.15) is 5.82 Å². The summed E-state index contributed by atoms with van der Waals surface area (Å²) >= 11 is 0. The van der Waals surface area contributed by atoms with E-state index in [4.69, 9.17) is 0 Å². The minimum Gasteiger partial charge on any atom is -0.305 e. The van der Waals surface area contributed by atoms with Crippen LogP contribution >= 0.6 is 0 Å². The van der Waals surface area contributed by atoms with Gasteiger partial charge >= 0.3 is 0 Å². The predicted octanol–water partition coefficient (Wildman–Crippen LogP) is 4.92. The van der Waals surface area contributed by atoms with Crippen LogP contribution in [0, 0.1) is 6.92 Å². The van der Waals surface area contributed by atoms with Crippen LogP contribution in [-0.4, -0.2) is 35.7 Å². The van der Waals surface area contributed by atoms with E-state index in [0.717, 1.165) is 22.0 Å². The number of anilines is 1. The Hall–Kier alpha value is -4.33. The molecule has 0 aliphatic rings. The Morgan fingerprint density at radius 2 is 1.80 bits per heavy atom. The van der Waals surface area contributed by atoms with Crippen molar-refractivity contribution in [2.75, 3.05) is 5.32 Å². The Balaban J connectivity index is 1.36. The van der Waals surface area contributed by atoms with Crippen LogP contribution in [0.25, 0.3) is 16.5 Å². The zero-order valence-corrected chi connectivity index (χ0v) is 20.2. The van der Waals surface area contributed by atoms with Gasteiger partial charge in [-0.1, -0.05) is 62.4 Å². The molecule has 3 aromatic heterocycles. The van der Waals surface area contributed by atoms with Crippen LogP contribution in [-0.2, 0) is 12.0 Å². The zero-order valence-electron chi connectivity index (χ0n) is 20.2. The van der Waals surface area contributed by atoms with Crippen molar-refractivity contribution in [2.45, 2.75) is 39.7 Å². The molecule has 35 heavy (non-hydrogen) atoms. The highest BCUT2D eigenvalue weighted by Gasteiger charge is 2.20. The van der Waals surface area contributed by atoms with Crippen molar-refractivity contribution in [3.63, 3.8) is 0 Å². The van der Waals surface area contributed by atoms with Gasteiger partial charge < -0.3 is 5.32 Å². The van der Waals surface area contributed by atoms with Crippen LogP contribution < -0.4 is 5.32 Å². The summed E-state index contributed by atoms with van der Waals surface area (Å²) in [4.78, 5) is 17.3. The zero-order chi connectivity index (χ0) is 24.6. The average molecular weight is 466 g/mol. The molecule has 0 saturated heterocycles. The van der Waals surface area contributed by atoms with Crippen LogP contribution in [0.4, 0.5) is 5.82 Å². The van der Waals surface area contributed by atoms with E-state index < -0.39 is 0 Å². The van der Waals surface area contributed by atoms with Gasteiger partial charge in [0.25, 0.3) is 5.91 Å². The average Bonchev–Trinajstić information content (AvgIpc) is 3.44. The van der Waals surface area contributed by atoms with Crippen molar-refractivity contribution in [1.29, 1.82) is 0 Å². The summed E-state index contributed by atoms with van der Waals surface area (Å²) in [5.74, 6) is 0.264. The molecular formula is C27H27N7O. The van der Waals surface area contributed by atoms with Crippen molar-refractivity contribution in [3.05, 3.63) is 95.7 Å². The first-order chi connectivity index (χ1) is 16.8. The highest BCUT2D eigenvalue weighted by molar-refractivity contribution is 6.03. The van der Waals surface area contributed by atoms with Crippen LogP contribution in [0.5, 0.6) is 0 Å². The number of pyridine rings is 1. The minimum absolute atomic E-state index is 0.0988. The Morgan fingerprint density at radius 3 is 2.57 bits per heavy atom. The molecule has 0 bridgehead atoms. The second-order valence-electron chi connectivity index (χ2n) is 9.58. The van der Waals surface area contributed by atoms with Crippen LogP contribution in [0.2, 0.25) is 0 Å². The lowest BCUT2D eigenvalue weighted by molar-refractivity contribution is 0.102. The molecule has 1 amide bonds. The summed E-state index contributed by atoms with van der Waals surface area (Å²) in [5.41, 5.74) is 4.23. The topological polar surface area (TPSA) is 90.5 Å². The fourth-order valence-electron chi connectivity index (χ4n) is 4.08. The van der Waals surface area contributed by atoms with Crippen molar-refractivity contribution >= 4 is 22.5 Å². The van der Waals surface area contributed by atoms with Gasteiger partial charge in [0.2, 0.25) is 0 Å². The first-order valence-electron chi connectivity index (χ1n) is 11.5. The number of hydrogen-bond donors (Lipinski definition) is 1. The van der Waals surface area contributed by atoms with Crippen molar-refractivity contribution in [3.8, 4) is 5.69 Å². The second-order valence-corrected chi connectivity index (χ2v) is 9.58. The smallest absolute Gasteiger partial charge is 0.279 e. The third kappa shape index (κ3) is 4.42. The molecular weight excluding hydrogens is 438 g/mol. The number of nitrogens with one attached hydrogen (secondary N) is 1. The first-order valence-corrected chi connectivity index (χ1v) is 11.5. The van der Waals surface area contributed by atoms with E-state index in [1.807, 2.05) is 31.2 Å². The molecule has 1 N–H and O–H groups in total. The molecule has 0 aliphatic carbocycles. The van der Waals surface area contributed by atoms with E-state index in [9.17, 15) is 4.79 Å². The van der Waals surface area contributed by atoms with Gasteiger partial charge in [0.15, 0.2) is 5.69 Å². The highest BCUT2D eigenvalue weighted by Crippen LogP contribution is 2.24. The number of aromatic nitrogens is 6. The molecule has 5 rings (SSSR count). The lowest BCUT2D eigenvalue weighted by Crippen LogP contribution is -2.18. The summed E-state index contributed by atoms with van der Waals surface area (Å²) in [6.45, 7) is 8.96. The SMILES string of the molecule is Cc1c(C(=O)Nc2ccnn2Cc2ccc(C(C)(C)C)cc2)nnn1-c1cccc2cnccc12. The number of carbonyl (C=O) groups is 1. The molecule has 0 radical (unpaired) electrons. The fraction of sp³-hybridized carbons (Fsp3) is 0.222. The van der Waals surface area contributed by atoms with E-state index in [2.05, 4.69) is 70.7 Å². The van der Waals surface area contributed by atoms with Gasteiger partial charge in [0, 0.05) is 29.2 Å². The molecule has 3 heterocycles. The van der Waals surface area contributed by atoms with Gasteiger partial charge in [0.05, 0.1) is 24.1 Å². The van der Waals surface area contributed by atoms with E-state index in [1.165, 1.54) is 5.56 Å².